The monoisotopic (exact) mass is 173 g/mol. The van der Waals surface area contributed by atoms with Crippen molar-refractivity contribution in [2.45, 2.75) is 19.4 Å². The number of rotatable bonds is 4. The van der Waals surface area contributed by atoms with E-state index in [2.05, 4.69) is 0 Å². The zero-order chi connectivity index (χ0) is 9.72. The van der Waals surface area contributed by atoms with Crippen LogP contribution in [0, 0.1) is 0 Å². The van der Waals surface area contributed by atoms with Crippen molar-refractivity contribution in [3.63, 3.8) is 0 Å². The smallest absolute Gasteiger partial charge is 0.238 e. The van der Waals surface area contributed by atoms with E-state index in [0.717, 1.165) is 0 Å². The molecule has 0 aliphatic heterocycles. The summed E-state index contributed by atoms with van der Waals surface area (Å²) in [5, 5.41) is 0. The van der Waals surface area contributed by atoms with Crippen molar-refractivity contribution >= 4 is 11.8 Å². The quantitative estimate of drug-likeness (QED) is 0.551. The van der Waals surface area contributed by atoms with Crippen LogP contribution in [0.5, 0.6) is 0 Å². The highest BCUT2D eigenvalue weighted by molar-refractivity contribution is 5.81. The highest BCUT2D eigenvalue weighted by Crippen LogP contribution is 1.90. The summed E-state index contributed by atoms with van der Waals surface area (Å²) in [5.41, 5.74) is 10.2. The molecule has 0 heterocycles. The van der Waals surface area contributed by atoms with Gasteiger partial charge in [0, 0.05) is 20.0 Å². The van der Waals surface area contributed by atoms with E-state index in [4.69, 9.17) is 11.5 Å². The van der Waals surface area contributed by atoms with E-state index in [1.54, 1.807) is 14.0 Å². The topological polar surface area (TPSA) is 89.4 Å². The molecule has 0 saturated heterocycles. The summed E-state index contributed by atoms with van der Waals surface area (Å²) in [6, 6.07) is -0.525. The molecule has 2 amide bonds. The Bertz CT molecular complexity index is 179. The van der Waals surface area contributed by atoms with Gasteiger partial charge in [0.15, 0.2) is 0 Å². The second-order valence-electron chi connectivity index (χ2n) is 2.76. The van der Waals surface area contributed by atoms with E-state index in [1.165, 1.54) is 4.90 Å². The molecule has 70 valence electrons. The van der Waals surface area contributed by atoms with Crippen molar-refractivity contribution in [3.05, 3.63) is 0 Å². The van der Waals surface area contributed by atoms with Crippen molar-refractivity contribution in [2.24, 2.45) is 11.5 Å². The van der Waals surface area contributed by atoms with E-state index in [0.29, 0.717) is 6.54 Å². The maximum absolute atomic E-state index is 11.1. The molecular weight excluding hydrogens is 158 g/mol. The highest BCUT2D eigenvalue weighted by Gasteiger charge is 2.12. The Morgan fingerprint density at radius 2 is 2.00 bits per heavy atom. The predicted octanol–water partition coefficient (Wildman–Crippen LogP) is -1.33. The molecule has 0 bridgehead atoms. The lowest BCUT2D eigenvalue weighted by Crippen LogP contribution is -2.40. The molecule has 5 heteroatoms. The standard InChI is InChI=1S/C7H15N3O2/c1-5(8)7(12)10(2)4-3-6(9)11/h5H,3-4,8H2,1-2H3,(H2,9,11). The summed E-state index contributed by atoms with van der Waals surface area (Å²) in [6.45, 7) is 1.93. The highest BCUT2D eigenvalue weighted by atomic mass is 16.2. The first-order chi connectivity index (χ1) is 5.45. The van der Waals surface area contributed by atoms with Crippen LogP contribution in [0.25, 0.3) is 0 Å². The fourth-order valence-corrected chi connectivity index (χ4v) is 0.736. The molecule has 0 aliphatic carbocycles. The second kappa shape index (κ2) is 4.71. The lowest BCUT2D eigenvalue weighted by atomic mass is 10.3. The van der Waals surface area contributed by atoms with Crippen LogP contribution in [0.1, 0.15) is 13.3 Å². The van der Waals surface area contributed by atoms with E-state index in [1.807, 2.05) is 0 Å². The molecule has 12 heavy (non-hydrogen) atoms. The fraction of sp³-hybridized carbons (Fsp3) is 0.714. The van der Waals surface area contributed by atoms with Crippen LogP contribution in [0.15, 0.2) is 0 Å². The average Bonchev–Trinajstić information content (AvgIpc) is 1.98. The van der Waals surface area contributed by atoms with Gasteiger partial charge in [-0.1, -0.05) is 0 Å². The van der Waals surface area contributed by atoms with E-state index >= 15 is 0 Å². The summed E-state index contributed by atoms with van der Waals surface area (Å²) in [7, 11) is 1.59. The summed E-state index contributed by atoms with van der Waals surface area (Å²) in [4.78, 5) is 22.9. The zero-order valence-corrected chi connectivity index (χ0v) is 7.41. The number of hydrogen-bond acceptors (Lipinski definition) is 3. The lowest BCUT2D eigenvalue weighted by molar-refractivity contribution is -0.131. The van der Waals surface area contributed by atoms with Crippen LogP contribution in [-0.2, 0) is 9.59 Å². The number of carbonyl (C=O) groups excluding carboxylic acids is 2. The van der Waals surface area contributed by atoms with Crippen LogP contribution in [0.4, 0.5) is 0 Å². The molecule has 5 nitrogen and oxygen atoms in total. The molecule has 4 N–H and O–H groups in total. The largest absolute Gasteiger partial charge is 0.370 e. The first-order valence-corrected chi connectivity index (χ1v) is 3.74. The molecule has 0 rings (SSSR count). The Morgan fingerprint density at radius 1 is 1.50 bits per heavy atom. The first-order valence-electron chi connectivity index (χ1n) is 3.74. The Morgan fingerprint density at radius 3 is 2.33 bits per heavy atom. The third kappa shape index (κ3) is 3.92. The Hall–Kier alpha value is -1.10. The minimum Gasteiger partial charge on any atom is -0.370 e. The molecule has 1 unspecified atom stereocenters. The van der Waals surface area contributed by atoms with Gasteiger partial charge in [-0.25, -0.2) is 0 Å². The lowest BCUT2D eigenvalue weighted by Gasteiger charge is -2.17. The summed E-state index contributed by atoms with van der Waals surface area (Å²) in [6.07, 6.45) is 0.176. The van der Waals surface area contributed by atoms with E-state index in [-0.39, 0.29) is 12.3 Å². The molecule has 0 spiro atoms. The first kappa shape index (κ1) is 10.9. The van der Waals surface area contributed by atoms with Crippen LogP contribution >= 0.6 is 0 Å². The van der Waals surface area contributed by atoms with Crippen molar-refractivity contribution in [1.82, 2.24) is 4.90 Å². The van der Waals surface area contributed by atoms with Gasteiger partial charge in [0.25, 0.3) is 0 Å². The van der Waals surface area contributed by atoms with Crippen LogP contribution < -0.4 is 11.5 Å². The third-order valence-electron chi connectivity index (χ3n) is 1.46. The van der Waals surface area contributed by atoms with Gasteiger partial charge < -0.3 is 16.4 Å². The summed E-state index contributed by atoms with van der Waals surface area (Å²) in [5.74, 6) is -0.601. The molecular formula is C7H15N3O2. The maximum Gasteiger partial charge on any atom is 0.238 e. The molecule has 0 fully saturated rings. The number of carbonyl (C=O) groups is 2. The number of likely N-dealkylation sites (N-methyl/N-ethyl adjacent to an activating group) is 1. The van der Waals surface area contributed by atoms with Crippen LogP contribution in [0.3, 0.4) is 0 Å². The van der Waals surface area contributed by atoms with Gasteiger partial charge in [0.2, 0.25) is 11.8 Å². The van der Waals surface area contributed by atoms with Gasteiger partial charge in [0.05, 0.1) is 6.04 Å². The van der Waals surface area contributed by atoms with E-state index < -0.39 is 11.9 Å². The van der Waals surface area contributed by atoms with Gasteiger partial charge in [0.1, 0.15) is 0 Å². The SMILES string of the molecule is CC(N)C(=O)N(C)CCC(N)=O. The van der Waals surface area contributed by atoms with Gasteiger partial charge >= 0.3 is 0 Å². The van der Waals surface area contributed by atoms with Crippen LogP contribution in [0.2, 0.25) is 0 Å². The van der Waals surface area contributed by atoms with Crippen molar-refractivity contribution in [3.8, 4) is 0 Å². The third-order valence-corrected chi connectivity index (χ3v) is 1.46. The molecule has 0 aromatic rings. The van der Waals surface area contributed by atoms with Crippen LogP contribution in [-0.4, -0.2) is 36.3 Å². The van der Waals surface area contributed by atoms with Gasteiger partial charge in [-0.05, 0) is 6.92 Å². The number of nitrogens with two attached hydrogens (primary N) is 2. The van der Waals surface area contributed by atoms with Crippen molar-refractivity contribution < 1.29 is 9.59 Å². The minimum absolute atomic E-state index is 0.176. The number of amides is 2. The number of hydrogen-bond donors (Lipinski definition) is 2. The molecule has 1 atom stereocenters. The molecule has 0 aliphatic rings. The Labute approximate surface area is 71.7 Å². The number of primary amides is 1. The average molecular weight is 173 g/mol. The zero-order valence-electron chi connectivity index (χ0n) is 7.41. The van der Waals surface area contributed by atoms with Gasteiger partial charge in [-0.3, -0.25) is 9.59 Å². The summed E-state index contributed by atoms with van der Waals surface area (Å²) >= 11 is 0. The maximum atomic E-state index is 11.1. The van der Waals surface area contributed by atoms with Gasteiger partial charge in [-0.2, -0.15) is 0 Å². The summed E-state index contributed by atoms with van der Waals surface area (Å²) < 4.78 is 0. The molecule has 0 aromatic carbocycles. The Kier molecular flexibility index (Phi) is 4.28. The molecule has 0 radical (unpaired) electrons. The van der Waals surface area contributed by atoms with Gasteiger partial charge in [-0.15, -0.1) is 0 Å². The van der Waals surface area contributed by atoms with Crippen molar-refractivity contribution in [1.29, 1.82) is 0 Å². The fourth-order valence-electron chi connectivity index (χ4n) is 0.736. The normalized spacial score (nSPS) is 12.2. The number of nitrogens with zero attached hydrogens (tertiary/aromatic N) is 1. The van der Waals surface area contributed by atoms with E-state index in [9.17, 15) is 9.59 Å². The second-order valence-corrected chi connectivity index (χ2v) is 2.76. The molecule has 0 aromatic heterocycles. The predicted molar refractivity (Wildman–Crippen MR) is 45.1 cm³/mol. The molecule has 0 saturated carbocycles. The van der Waals surface area contributed by atoms with Crippen molar-refractivity contribution in [2.75, 3.05) is 13.6 Å². The Balaban J connectivity index is 3.79. The minimum atomic E-state index is -0.525.